The molecule has 0 aromatic carbocycles. The minimum Gasteiger partial charge on any atom is -0.767 e. The quantitative estimate of drug-likeness (QED) is 0.363. The van der Waals surface area contributed by atoms with Gasteiger partial charge < -0.3 is 30.1 Å². The Morgan fingerprint density at radius 1 is 1.40 bits per heavy atom. The van der Waals surface area contributed by atoms with Gasteiger partial charge in [0.15, 0.2) is 0 Å². The first kappa shape index (κ1) is 9.15. The summed E-state index contributed by atoms with van der Waals surface area (Å²) in [5.41, 5.74) is 0. The van der Waals surface area contributed by atoms with Crippen molar-refractivity contribution >= 4 is 29.7 Å². The molecule has 0 bridgehead atoms. The molecule has 0 spiro atoms. The van der Waals surface area contributed by atoms with E-state index >= 15 is 0 Å². The van der Waals surface area contributed by atoms with Gasteiger partial charge in [-0.3, -0.25) is 0 Å². The number of carbonyl (C=O) groups excluding carboxylic acids is 1. The molecule has 0 aromatic heterocycles. The predicted molar refractivity (Wildman–Crippen MR) is 20.1 cm³/mol. The Balaban J connectivity index is 0. The summed E-state index contributed by atoms with van der Waals surface area (Å²) < 4.78 is -0.667. The summed E-state index contributed by atoms with van der Waals surface area (Å²) in [5, 5.41) is 0. The van der Waals surface area contributed by atoms with Gasteiger partial charge in [0.25, 0.3) is 0 Å². The monoisotopic (exact) mass is 150 g/mol. The summed E-state index contributed by atoms with van der Waals surface area (Å²) in [6.07, 6.45) is 0. The molecule has 4 heteroatoms. The molecule has 1 nitrogen and oxygen atoms in total. The maximum Gasteiger partial charge on any atom is 2.00 e. The summed E-state index contributed by atoms with van der Waals surface area (Å²) in [7, 11) is 0. The Hall–Kier alpha value is 0.604. The van der Waals surface area contributed by atoms with Crippen molar-refractivity contribution in [2.24, 2.45) is 0 Å². The van der Waals surface area contributed by atoms with Crippen molar-refractivity contribution in [3.8, 4) is 0 Å². The predicted octanol–water partition coefficient (Wildman–Crippen LogP) is 0.198. The second-order valence-corrected chi connectivity index (χ2v) is 1.25. The number of carbonyl (C=O) groups is 1. The van der Waals surface area contributed by atoms with Crippen molar-refractivity contribution < 1.29 is 21.3 Å². The molecule has 0 aliphatic carbocycles. The van der Waals surface area contributed by atoms with Gasteiger partial charge in [0.05, 0.1) is 0 Å². The molecule has 0 aliphatic rings. The largest absolute Gasteiger partial charge is 2.00 e. The summed E-state index contributed by atoms with van der Waals surface area (Å²) in [5.74, 6) is 0. The van der Waals surface area contributed by atoms with E-state index in [0.29, 0.717) is 0 Å². The van der Waals surface area contributed by atoms with Gasteiger partial charge in [-0.25, -0.2) is 0 Å². The second kappa shape index (κ2) is 4.60. The standard InChI is InChI=1S/CH2OS2.Ni/c2-1(3)4;/h(H2,2,3,4);/q;+2/p-2. The van der Waals surface area contributed by atoms with E-state index in [4.69, 9.17) is 4.79 Å². The van der Waals surface area contributed by atoms with Crippen LogP contribution in [0.1, 0.15) is 0 Å². The van der Waals surface area contributed by atoms with Crippen LogP contribution in [-0.4, -0.2) is 4.45 Å². The molecular formula is CNiOS2. The van der Waals surface area contributed by atoms with Gasteiger partial charge >= 0.3 is 16.5 Å². The van der Waals surface area contributed by atoms with Crippen LogP contribution in [0.25, 0.3) is 0 Å². The Morgan fingerprint density at radius 2 is 1.40 bits per heavy atom. The van der Waals surface area contributed by atoms with Crippen LogP contribution in [0.2, 0.25) is 0 Å². The molecule has 5 heavy (non-hydrogen) atoms. The van der Waals surface area contributed by atoms with Gasteiger partial charge in [0, 0.05) is 0 Å². The Morgan fingerprint density at radius 3 is 1.40 bits per heavy atom. The first-order valence-corrected chi connectivity index (χ1v) is 1.43. The molecule has 0 saturated carbocycles. The molecule has 0 N–H and O–H groups in total. The van der Waals surface area contributed by atoms with E-state index in [1.54, 1.807) is 0 Å². The maximum atomic E-state index is 9.07. The van der Waals surface area contributed by atoms with Crippen LogP contribution in [0.4, 0.5) is 4.79 Å². The molecule has 0 aromatic rings. The van der Waals surface area contributed by atoms with Crippen LogP contribution >= 0.6 is 0 Å². The fourth-order valence-electron chi connectivity index (χ4n) is 0. The van der Waals surface area contributed by atoms with Gasteiger partial charge in [-0.15, -0.1) is 4.45 Å². The van der Waals surface area contributed by atoms with E-state index in [0.717, 1.165) is 0 Å². The van der Waals surface area contributed by atoms with Crippen molar-refractivity contribution in [2.75, 3.05) is 0 Å². The Bertz CT molecular complexity index is 32.6. The smallest absolute Gasteiger partial charge is 0.767 e. The zero-order valence-electron chi connectivity index (χ0n) is 2.04. The van der Waals surface area contributed by atoms with Crippen LogP contribution < -0.4 is 0 Å². The third-order valence-electron chi connectivity index (χ3n) is 0. The van der Waals surface area contributed by atoms with E-state index in [1.807, 2.05) is 0 Å². The van der Waals surface area contributed by atoms with Crippen LogP contribution in [0.5, 0.6) is 0 Å². The summed E-state index contributed by atoms with van der Waals surface area (Å²) in [6.45, 7) is 0. The molecular weight excluding hydrogens is 151 g/mol. The van der Waals surface area contributed by atoms with Gasteiger partial charge in [-0.1, -0.05) is 0 Å². The molecule has 32 valence electrons. The van der Waals surface area contributed by atoms with Crippen molar-refractivity contribution in [1.29, 1.82) is 0 Å². The summed E-state index contributed by atoms with van der Waals surface area (Å²) in [4.78, 5) is 9.07. The molecule has 0 saturated heterocycles. The number of rotatable bonds is 0. The van der Waals surface area contributed by atoms with Crippen LogP contribution in [0.15, 0.2) is 0 Å². The van der Waals surface area contributed by atoms with Crippen molar-refractivity contribution in [1.82, 2.24) is 0 Å². The second-order valence-electron chi connectivity index (χ2n) is 0.250. The van der Waals surface area contributed by atoms with E-state index in [-0.39, 0.29) is 16.5 Å². The SMILES string of the molecule is O=C([S-])[S-].[Ni+2]. The normalized spacial score (nSPS) is 4.80. The minimum atomic E-state index is -0.667. The first-order valence-electron chi connectivity index (χ1n) is 0.612. The van der Waals surface area contributed by atoms with E-state index < -0.39 is 4.45 Å². The third-order valence-corrected chi connectivity index (χ3v) is 0. The topological polar surface area (TPSA) is 17.1 Å². The molecule has 0 unspecified atom stereocenters. The molecule has 0 rings (SSSR count). The van der Waals surface area contributed by atoms with E-state index in [1.165, 1.54) is 0 Å². The minimum absolute atomic E-state index is 0. The molecule has 0 heterocycles. The Kier molecular flexibility index (Phi) is 8.42. The van der Waals surface area contributed by atoms with Crippen LogP contribution in [0, 0.1) is 0 Å². The van der Waals surface area contributed by atoms with Gasteiger partial charge in [0.1, 0.15) is 0 Å². The summed E-state index contributed by atoms with van der Waals surface area (Å²) in [6, 6.07) is 0. The van der Waals surface area contributed by atoms with Crippen molar-refractivity contribution in [2.45, 2.75) is 0 Å². The van der Waals surface area contributed by atoms with Gasteiger partial charge in [-0.05, 0) is 0 Å². The maximum absolute atomic E-state index is 9.07. The fourth-order valence-corrected chi connectivity index (χ4v) is 0. The average Bonchev–Trinajstić information content (AvgIpc) is 0.811. The molecule has 0 radical (unpaired) electrons. The first-order chi connectivity index (χ1) is 1.73. The van der Waals surface area contributed by atoms with Crippen molar-refractivity contribution in [3.63, 3.8) is 0 Å². The zero-order valence-corrected chi connectivity index (χ0v) is 4.66. The molecule has 0 fully saturated rings. The van der Waals surface area contributed by atoms with Gasteiger partial charge in [0.2, 0.25) is 0 Å². The molecule has 0 aliphatic heterocycles. The van der Waals surface area contributed by atoms with Gasteiger partial charge in [-0.2, -0.15) is 0 Å². The average molecular weight is 151 g/mol. The number of hydrogen-bond acceptors (Lipinski definition) is 3. The van der Waals surface area contributed by atoms with Crippen LogP contribution in [0.3, 0.4) is 0 Å². The van der Waals surface area contributed by atoms with Crippen LogP contribution in [-0.2, 0) is 41.7 Å². The molecule has 0 amide bonds. The summed E-state index contributed by atoms with van der Waals surface area (Å²) >= 11 is 7.59. The van der Waals surface area contributed by atoms with E-state index in [9.17, 15) is 0 Å². The van der Waals surface area contributed by atoms with Crippen molar-refractivity contribution in [3.05, 3.63) is 0 Å². The third kappa shape index (κ3) is 85.7. The Labute approximate surface area is 51.3 Å². The zero-order chi connectivity index (χ0) is 3.58. The fraction of sp³-hybridized carbons (Fsp3) is 0. The molecule has 0 atom stereocenters. The van der Waals surface area contributed by atoms with E-state index in [2.05, 4.69) is 25.3 Å². The number of hydrogen-bond donors (Lipinski definition) is 0.